The van der Waals surface area contributed by atoms with Crippen LogP contribution in [-0.2, 0) is 4.79 Å². The molecule has 0 spiro atoms. The minimum Gasteiger partial charge on any atom is -0.324 e. The number of carbonyl (C=O) groups excluding carboxylic acids is 2. The van der Waals surface area contributed by atoms with Crippen molar-refractivity contribution in [3.8, 4) is 0 Å². The van der Waals surface area contributed by atoms with Crippen molar-refractivity contribution in [2.75, 3.05) is 10.6 Å². The molecule has 0 aliphatic carbocycles. The van der Waals surface area contributed by atoms with Crippen molar-refractivity contribution in [1.29, 1.82) is 0 Å². The molecule has 0 saturated heterocycles. The topological polar surface area (TPSA) is 58.2 Å². The number of halogens is 2. The summed E-state index contributed by atoms with van der Waals surface area (Å²) in [5, 5.41) is 6.26. The third-order valence-corrected chi connectivity index (χ3v) is 6.03. The molecule has 0 aliphatic rings. The number of anilines is 2. The molecule has 7 heteroatoms. The first kappa shape index (κ1) is 22.2. The molecule has 3 rings (SSSR count). The van der Waals surface area contributed by atoms with Crippen molar-refractivity contribution in [3.63, 3.8) is 0 Å². The SMILES string of the molecule is Cc1ccccc1C(=O)Nc1ccc(SC(C)C(=O)Nc2ccc(Cl)cc2Cl)cc1. The summed E-state index contributed by atoms with van der Waals surface area (Å²) < 4.78 is 0. The van der Waals surface area contributed by atoms with Gasteiger partial charge in [0.15, 0.2) is 0 Å². The van der Waals surface area contributed by atoms with Crippen molar-refractivity contribution >= 4 is 58.2 Å². The molecule has 0 heterocycles. The summed E-state index contributed by atoms with van der Waals surface area (Å²) >= 11 is 13.4. The molecule has 0 saturated carbocycles. The molecule has 0 radical (unpaired) electrons. The summed E-state index contributed by atoms with van der Waals surface area (Å²) in [6.07, 6.45) is 0. The number of hydrogen-bond donors (Lipinski definition) is 2. The van der Waals surface area contributed by atoms with Gasteiger partial charge in [-0.05, 0) is 67.9 Å². The van der Waals surface area contributed by atoms with Gasteiger partial charge in [0.05, 0.1) is 16.0 Å². The summed E-state index contributed by atoms with van der Waals surface area (Å²) in [6, 6.07) is 19.7. The van der Waals surface area contributed by atoms with Gasteiger partial charge in [-0.2, -0.15) is 0 Å². The number of benzene rings is 3. The Morgan fingerprint density at radius 1 is 0.933 bits per heavy atom. The van der Waals surface area contributed by atoms with E-state index in [-0.39, 0.29) is 17.1 Å². The van der Waals surface area contributed by atoms with Gasteiger partial charge < -0.3 is 10.6 Å². The number of aryl methyl sites for hydroxylation is 1. The Hall–Kier alpha value is -2.47. The molecule has 0 fully saturated rings. The monoisotopic (exact) mass is 458 g/mol. The number of thioether (sulfide) groups is 1. The maximum absolute atomic E-state index is 12.5. The van der Waals surface area contributed by atoms with Gasteiger partial charge >= 0.3 is 0 Å². The maximum Gasteiger partial charge on any atom is 0.255 e. The molecule has 1 unspecified atom stereocenters. The van der Waals surface area contributed by atoms with Gasteiger partial charge in [-0.3, -0.25) is 9.59 Å². The summed E-state index contributed by atoms with van der Waals surface area (Å²) in [7, 11) is 0. The van der Waals surface area contributed by atoms with Crippen LogP contribution in [0.3, 0.4) is 0 Å². The maximum atomic E-state index is 12.5. The number of amides is 2. The van der Waals surface area contributed by atoms with E-state index in [1.807, 2.05) is 56.3 Å². The van der Waals surface area contributed by atoms with Crippen LogP contribution in [0.5, 0.6) is 0 Å². The number of hydrogen-bond acceptors (Lipinski definition) is 3. The van der Waals surface area contributed by atoms with Gasteiger partial charge in [0.25, 0.3) is 5.91 Å². The predicted octanol–water partition coefficient (Wildman–Crippen LogP) is 6.67. The van der Waals surface area contributed by atoms with Crippen LogP contribution in [0.4, 0.5) is 11.4 Å². The quantitative estimate of drug-likeness (QED) is 0.405. The van der Waals surface area contributed by atoms with Gasteiger partial charge in [-0.1, -0.05) is 41.4 Å². The van der Waals surface area contributed by atoms with Crippen LogP contribution in [0, 0.1) is 6.92 Å². The van der Waals surface area contributed by atoms with Crippen LogP contribution in [0.15, 0.2) is 71.6 Å². The Bertz CT molecular complexity index is 1070. The molecular weight excluding hydrogens is 439 g/mol. The lowest BCUT2D eigenvalue weighted by Crippen LogP contribution is -2.22. The summed E-state index contributed by atoms with van der Waals surface area (Å²) in [4.78, 5) is 25.8. The average Bonchev–Trinajstić information content (AvgIpc) is 2.71. The molecule has 4 nitrogen and oxygen atoms in total. The fraction of sp³-hybridized carbons (Fsp3) is 0.130. The lowest BCUT2D eigenvalue weighted by atomic mass is 10.1. The fourth-order valence-electron chi connectivity index (χ4n) is 2.73. The van der Waals surface area contributed by atoms with Crippen molar-refractivity contribution in [1.82, 2.24) is 0 Å². The van der Waals surface area contributed by atoms with Crippen LogP contribution in [0.2, 0.25) is 10.0 Å². The molecule has 3 aromatic carbocycles. The highest BCUT2D eigenvalue weighted by Crippen LogP contribution is 2.29. The Morgan fingerprint density at radius 2 is 1.63 bits per heavy atom. The first-order valence-electron chi connectivity index (χ1n) is 9.23. The van der Waals surface area contributed by atoms with Crippen LogP contribution < -0.4 is 10.6 Å². The molecule has 0 aliphatic heterocycles. The molecule has 1 atom stereocenters. The third kappa shape index (κ3) is 5.79. The van der Waals surface area contributed by atoms with E-state index in [1.165, 1.54) is 11.8 Å². The van der Waals surface area contributed by atoms with E-state index in [2.05, 4.69) is 10.6 Å². The summed E-state index contributed by atoms with van der Waals surface area (Å²) in [6.45, 7) is 3.72. The van der Waals surface area contributed by atoms with Gasteiger partial charge in [0.1, 0.15) is 0 Å². The van der Waals surface area contributed by atoms with E-state index in [4.69, 9.17) is 23.2 Å². The van der Waals surface area contributed by atoms with Crippen LogP contribution >= 0.6 is 35.0 Å². The summed E-state index contributed by atoms with van der Waals surface area (Å²) in [5.74, 6) is -0.317. The lowest BCUT2D eigenvalue weighted by molar-refractivity contribution is -0.115. The third-order valence-electron chi connectivity index (χ3n) is 4.37. The van der Waals surface area contributed by atoms with E-state index in [9.17, 15) is 9.59 Å². The van der Waals surface area contributed by atoms with E-state index >= 15 is 0 Å². The zero-order chi connectivity index (χ0) is 21.7. The molecule has 2 N–H and O–H groups in total. The highest BCUT2D eigenvalue weighted by molar-refractivity contribution is 8.00. The van der Waals surface area contributed by atoms with E-state index in [1.54, 1.807) is 24.3 Å². The lowest BCUT2D eigenvalue weighted by Gasteiger charge is -2.13. The second-order valence-corrected chi connectivity index (χ2v) is 8.92. The van der Waals surface area contributed by atoms with Crippen molar-refractivity contribution < 1.29 is 9.59 Å². The molecule has 2 amide bonds. The van der Waals surface area contributed by atoms with Gasteiger partial charge in [0, 0.05) is 21.2 Å². The molecule has 30 heavy (non-hydrogen) atoms. The largest absolute Gasteiger partial charge is 0.324 e. The van der Waals surface area contributed by atoms with E-state index < -0.39 is 0 Å². The van der Waals surface area contributed by atoms with E-state index in [0.29, 0.717) is 27.0 Å². The standard InChI is InChI=1S/C23H20Cl2N2O2S/c1-14-5-3-4-6-19(14)23(29)26-17-8-10-18(11-9-17)30-15(2)22(28)27-21-12-7-16(24)13-20(21)25/h3-13,15H,1-2H3,(H,26,29)(H,27,28). The normalized spacial score (nSPS) is 11.6. The second kappa shape index (κ2) is 10.0. The molecular formula is C23H20Cl2N2O2S. The van der Waals surface area contributed by atoms with Gasteiger partial charge in [0.2, 0.25) is 5.91 Å². The Kier molecular flexibility index (Phi) is 7.43. The molecule has 0 aromatic heterocycles. The van der Waals surface area contributed by atoms with Gasteiger partial charge in [-0.25, -0.2) is 0 Å². The highest BCUT2D eigenvalue weighted by atomic mass is 35.5. The average molecular weight is 459 g/mol. The number of carbonyl (C=O) groups is 2. The Balaban J connectivity index is 1.58. The summed E-state index contributed by atoms with van der Waals surface area (Å²) in [5.41, 5.74) is 2.77. The van der Waals surface area contributed by atoms with Crippen LogP contribution in [0.1, 0.15) is 22.8 Å². The van der Waals surface area contributed by atoms with Crippen LogP contribution in [0.25, 0.3) is 0 Å². The molecule has 0 bridgehead atoms. The van der Waals surface area contributed by atoms with Crippen LogP contribution in [-0.4, -0.2) is 17.1 Å². The smallest absolute Gasteiger partial charge is 0.255 e. The van der Waals surface area contributed by atoms with Crippen molar-refractivity contribution in [3.05, 3.63) is 87.9 Å². The minimum absolute atomic E-state index is 0.152. The zero-order valence-electron chi connectivity index (χ0n) is 16.4. The molecule has 154 valence electrons. The Labute approximate surface area is 190 Å². The minimum atomic E-state index is -0.343. The molecule has 3 aromatic rings. The van der Waals surface area contributed by atoms with Crippen molar-refractivity contribution in [2.45, 2.75) is 24.0 Å². The highest BCUT2D eigenvalue weighted by Gasteiger charge is 2.16. The van der Waals surface area contributed by atoms with E-state index in [0.717, 1.165) is 10.5 Å². The number of rotatable bonds is 6. The van der Waals surface area contributed by atoms with Gasteiger partial charge in [-0.15, -0.1) is 11.8 Å². The number of nitrogens with one attached hydrogen (secondary N) is 2. The second-order valence-electron chi connectivity index (χ2n) is 6.67. The fourth-order valence-corrected chi connectivity index (χ4v) is 4.05. The zero-order valence-corrected chi connectivity index (χ0v) is 18.7. The first-order chi connectivity index (χ1) is 14.3. The first-order valence-corrected chi connectivity index (χ1v) is 10.9. The Morgan fingerprint density at radius 3 is 2.30 bits per heavy atom. The predicted molar refractivity (Wildman–Crippen MR) is 126 cm³/mol. The van der Waals surface area contributed by atoms with Crippen molar-refractivity contribution in [2.24, 2.45) is 0 Å².